The first-order valence-electron chi connectivity index (χ1n) is 20.5. The molecule has 10 nitrogen and oxygen atoms in total. The fourth-order valence-electron chi connectivity index (χ4n) is 10.5. The van der Waals surface area contributed by atoms with Crippen molar-refractivity contribution in [3.63, 3.8) is 0 Å². The van der Waals surface area contributed by atoms with Gasteiger partial charge in [0.05, 0.1) is 10.6 Å². The van der Waals surface area contributed by atoms with E-state index in [-0.39, 0.29) is 35.3 Å². The maximum Gasteiger partial charge on any atom is 0.251 e. The van der Waals surface area contributed by atoms with Crippen LogP contribution in [0.25, 0.3) is 23.9 Å². The number of aldehydes is 1. The lowest BCUT2D eigenvalue weighted by Gasteiger charge is -2.63. The molecule has 1 aromatic heterocycles. The van der Waals surface area contributed by atoms with Crippen molar-refractivity contribution in [3.8, 4) is 11.8 Å². The summed E-state index contributed by atoms with van der Waals surface area (Å²) >= 11 is 6.26. The summed E-state index contributed by atoms with van der Waals surface area (Å²) in [5.41, 5.74) is 8.55. The molecular weight excluding hydrogens is 748 g/mol. The second-order valence-electron chi connectivity index (χ2n) is 17.6. The molecule has 4 aromatic rings. The van der Waals surface area contributed by atoms with Crippen LogP contribution in [-0.2, 0) is 9.59 Å². The summed E-state index contributed by atoms with van der Waals surface area (Å²) < 4.78 is 8.19. The highest BCUT2D eigenvalue weighted by Gasteiger charge is 2.64. The van der Waals surface area contributed by atoms with Crippen LogP contribution in [0.2, 0.25) is 5.02 Å². The van der Waals surface area contributed by atoms with Gasteiger partial charge in [0.15, 0.2) is 0 Å². The fourth-order valence-corrected chi connectivity index (χ4v) is 10.7. The monoisotopic (exact) mass is 802 g/mol. The summed E-state index contributed by atoms with van der Waals surface area (Å²) in [7, 11) is 0. The molecule has 3 aliphatic rings. The minimum Gasteiger partial charge on any atom is -0.489 e. The number of nitrogens with one attached hydrogen (secondary N) is 1. The summed E-state index contributed by atoms with van der Waals surface area (Å²) in [6.45, 7) is 20.8. The van der Waals surface area contributed by atoms with E-state index < -0.39 is 11.9 Å². The van der Waals surface area contributed by atoms with Crippen LogP contribution in [0.15, 0.2) is 60.7 Å². The van der Waals surface area contributed by atoms with Gasteiger partial charge >= 0.3 is 0 Å². The Balaban J connectivity index is 0.904. The number of piperazine rings is 1. The molecule has 2 saturated carbocycles. The van der Waals surface area contributed by atoms with Gasteiger partial charge in [-0.25, -0.2) is 0 Å². The Morgan fingerprint density at radius 2 is 1.60 bits per heavy atom. The zero-order chi connectivity index (χ0) is 41.5. The van der Waals surface area contributed by atoms with Crippen LogP contribution in [0.5, 0.6) is 5.75 Å². The van der Waals surface area contributed by atoms with Gasteiger partial charge in [0.25, 0.3) is 5.91 Å². The lowest BCUT2D eigenvalue weighted by atomic mass is 9.49. The molecule has 11 heteroatoms. The van der Waals surface area contributed by atoms with Crippen molar-refractivity contribution in [2.75, 3.05) is 31.1 Å². The summed E-state index contributed by atoms with van der Waals surface area (Å²) in [4.78, 5) is 42.0. The Morgan fingerprint density at radius 1 is 0.948 bits per heavy atom. The molecule has 0 bridgehead atoms. The minimum atomic E-state index is -0.663. The molecule has 2 heterocycles. The van der Waals surface area contributed by atoms with Crippen LogP contribution in [0, 0.1) is 22.2 Å². The number of amides is 2. The Morgan fingerprint density at radius 3 is 2.21 bits per heavy atom. The Kier molecular flexibility index (Phi) is 11.5. The van der Waals surface area contributed by atoms with E-state index in [9.17, 15) is 19.6 Å². The van der Waals surface area contributed by atoms with E-state index in [1.165, 1.54) is 5.56 Å². The van der Waals surface area contributed by atoms with Gasteiger partial charge in [0.2, 0.25) is 5.91 Å². The van der Waals surface area contributed by atoms with Crippen molar-refractivity contribution in [1.29, 1.82) is 5.26 Å². The molecule has 2 amide bonds. The molecule has 3 fully saturated rings. The molecule has 1 atom stereocenters. The number of halogens is 1. The maximum atomic E-state index is 13.5. The van der Waals surface area contributed by atoms with Gasteiger partial charge in [0.1, 0.15) is 30.3 Å². The molecule has 58 heavy (non-hydrogen) atoms. The number of carbonyl (C=O) groups excluding carboxylic acids is 3. The third-order valence-electron chi connectivity index (χ3n) is 13.4. The maximum absolute atomic E-state index is 13.5. The van der Waals surface area contributed by atoms with E-state index in [0.29, 0.717) is 51.0 Å². The van der Waals surface area contributed by atoms with Crippen LogP contribution in [-0.4, -0.2) is 71.9 Å². The average molecular weight is 803 g/mol. The number of aromatic nitrogens is 1. The number of carbonyl (C=O) groups is 3. The van der Waals surface area contributed by atoms with Gasteiger partial charge in [-0.2, -0.15) is 5.26 Å². The second-order valence-corrected chi connectivity index (χ2v) is 18.0. The highest BCUT2D eigenvalue weighted by Crippen LogP contribution is 2.55. The first-order chi connectivity index (χ1) is 27.6. The molecule has 0 spiro atoms. The number of rotatable bonds is 12. The molecule has 3 N–H and O–H groups in total. The van der Waals surface area contributed by atoms with Crippen LogP contribution in [0.4, 0.5) is 5.69 Å². The van der Waals surface area contributed by atoms with Gasteiger partial charge in [0, 0.05) is 94.3 Å². The smallest absolute Gasteiger partial charge is 0.251 e. The standard InChI is InChI=1S/C47H55ClN6O4/c1-29-38-20-18-36(26-39(38)30(2)54(29)41(42(50)56)8-7-25-55)53-23-21-52(22-24-53)35-16-13-32(14-17-35)31-9-11-33(12-10-31)43(57)51-44-46(3,4)45(47(44,5)6)58-37-19-15-34(28-49)40(48)27-37/h9-12,15,18-20,25-27,32,35,41,44-45H,1-2,7-8,13-14,16-17,21-24H2,3-6H3,(H2,50,56)(H,51,57). The number of ether oxygens (including phenoxy) is 1. The normalized spacial score (nSPS) is 23.3. The number of hydrogen-bond donors (Lipinski definition) is 2. The molecule has 0 radical (unpaired) electrons. The van der Waals surface area contributed by atoms with E-state index in [2.05, 4.69) is 92.4 Å². The zero-order valence-electron chi connectivity index (χ0n) is 34.1. The SMILES string of the molecule is C=c1c2ccc(N3CCN(C4CCC(c5ccc(C(=O)NC6C(C)(C)C(Oc7ccc(C#N)c(Cl)c7)C6(C)C)cc5)CC4)CC3)cc2c(=C)n1C(CCC=O)C(N)=O. The van der Waals surface area contributed by atoms with Gasteiger partial charge < -0.3 is 30.0 Å². The number of nitrogens with two attached hydrogens (primary N) is 1. The molecule has 1 saturated heterocycles. The number of primary amides is 1. The van der Waals surface area contributed by atoms with E-state index in [4.69, 9.17) is 22.1 Å². The predicted octanol–water partition coefficient (Wildman–Crippen LogP) is 6.45. The molecule has 1 aliphatic heterocycles. The number of hydrogen-bond acceptors (Lipinski definition) is 7. The Hall–Kier alpha value is -5.11. The van der Waals surface area contributed by atoms with Crippen LogP contribution >= 0.6 is 11.6 Å². The van der Waals surface area contributed by atoms with E-state index in [1.54, 1.807) is 22.8 Å². The third-order valence-corrected chi connectivity index (χ3v) is 13.7. The van der Waals surface area contributed by atoms with E-state index in [0.717, 1.165) is 74.6 Å². The van der Waals surface area contributed by atoms with E-state index in [1.807, 2.05) is 12.1 Å². The Labute approximate surface area is 346 Å². The van der Waals surface area contributed by atoms with Crippen molar-refractivity contribution in [2.45, 2.75) is 96.4 Å². The van der Waals surface area contributed by atoms with Gasteiger partial charge in [-0.1, -0.05) is 70.7 Å². The van der Waals surface area contributed by atoms with Gasteiger partial charge in [-0.05, 0) is 80.0 Å². The van der Waals surface area contributed by atoms with Crippen molar-refractivity contribution in [2.24, 2.45) is 16.6 Å². The number of nitriles is 1. The summed E-state index contributed by atoms with van der Waals surface area (Å²) in [6, 6.07) is 21.5. The largest absolute Gasteiger partial charge is 0.489 e. The van der Waals surface area contributed by atoms with Crippen LogP contribution in [0.1, 0.15) is 99.7 Å². The number of benzene rings is 3. The minimum absolute atomic E-state index is 0.0829. The predicted molar refractivity (Wildman–Crippen MR) is 230 cm³/mol. The summed E-state index contributed by atoms with van der Waals surface area (Å²) in [5.74, 6) is 0.516. The lowest BCUT2D eigenvalue weighted by Crippen LogP contribution is -2.74. The quantitative estimate of drug-likeness (QED) is 0.157. The van der Waals surface area contributed by atoms with Crippen LogP contribution < -0.4 is 31.4 Å². The van der Waals surface area contributed by atoms with Gasteiger partial charge in [-0.15, -0.1) is 0 Å². The highest BCUT2D eigenvalue weighted by molar-refractivity contribution is 6.31. The molecule has 2 aliphatic carbocycles. The molecule has 1 unspecified atom stereocenters. The topological polar surface area (TPSA) is 134 Å². The molecule has 3 aromatic carbocycles. The van der Waals surface area contributed by atoms with E-state index >= 15 is 0 Å². The lowest BCUT2D eigenvalue weighted by molar-refractivity contribution is -0.164. The van der Waals surface area contributed by atoms with Crippen molar-refractivity contribution in [1.82, 2.24) is 14.8 Å². The molecule has 304 valence electrons. The fraction of sp³-hybridized carbons (Fsp3) is 0.447. The van der Waals surface area contributed by atoms with Crippen LogP contribution in [0.3, 0.4) is 0 Å². The summed E-state index contributed by atoms with van der Waals surface area (Å²) in [5, 5.41) is 16.2. The Bertz CT molecular complexity index is 2330. The number of nitrogens with zero attached hydrogens (tertiary/aromatic N) is 4. The number of anilines is 1. The number of fused-ring (bicyclic) bond motifs is 1. The van der Waals surface area contributed by atoms with Crippen molar-refractivity contribution >= 4 is 59.3 Å². The first kappa shape index (κ1) is 41.1. The van der Waals surface area contributed by atoms with Crippen molar-refractivity contribution in [3.05, 3.63) is 93.1 Å². The summed E-state index contributed by atoms with van der Waals surface area (Å²) in [6.07, 6.45) is 5.75. The van der Waals surface area contributed by atoms with Gasteiger partial charge in [-0.3, -0.25) is 14.5 Å². The zero-order valence-corrected chi connectivity index (χ0v) is 34.9. The first-order valence-corrected chi connectivity index (χ1v) is 20.8. The average Bonchev–Trinajstić information content (AvgIpc) is 3.46. The molecule has 7 rings (SSSR count). The molecular formula is C47H55ClN6O4. The third kappa shape index (κ3) is 7.62. The highest BCUT2D eigenvalue weighted by atomic mass is 35.5. The van der Waals surface area contributed by atoms with Crippen molar-refractivity contribution < 1.29 is 19.1 Å². The second kappa shape index (κ2) is 16.3.